The van der Waals surface area contributed by atoms with Crippen molar-refractivity contribution in [2.75, 3.05) is 0 Å². The zero-order chi connectivity index (χ0) is 35.0. The molecule has 47 heavy (non-hydrogen) atoms. The highest BCUT2D eigenvalue weighted by Gasteiger charge is 2.35. The molecule has 0 unspecified atom stereocenters. The van der Waals surface area contributed by atoms with E-state index in [1.54, 1.807) is 20.8 Å². The number of amides is 3. The van der Waals surface area contributed by atoms with Crippen molar-refractivity contribution in [1.29, 1.82) is 0 Å². The van der Waals surface area contributed by atoms with Crippen molar-refractivity contribution >= 4 is 35.6 Å². The number of benzene rings is 1. The zero-order valence-corrected chi connectivity index (χ0v) is 29.1. The Bertz CT molecular complexity index is 1200. The van der Waals surface area contributed by atoms with Gasteiger partial charge in [0.1, 0.15) is 17.2 Å². The van der Waals surface area contributed by atoms with Gasteiger partial charge in [-0.15, -0.1) is 5.06 Å². The highest BCUT2D eigenvalue weighted by atomic mass is 16.7. The number of carbonyl (C=O) groups is 6. The standard InChI is InChI=1S/C36H54N2O9/c1-35(2,3)45-32(42)25-22-28(34(44)47-38-30(40)23-24-31(38)41)37-29(39)17-15-13-11-9-7-8-10-12-14-16-26-18-20-27(21-19-26)33(43)46-36(4,5)6/h18-21,28H,7-17,22-25H2,1-6H3,(H,37,39)/t28-/m0/s1. The number of hydrogen-bond donors (Lipinski definition) is 1. The molecule has 2 rings (SSSR count). The van der Waals surface area contributed by atoms with Gasteiger partial charge in [-0.05, 0) is 84.9 Å². The second kappa shape index (κ2) is 19.2. The molecular weight excluding hydrogens is 604 g/mol. The van der Waals surface area contributed by atoms with Gasteiger partial charge in [0, 0.05) is 25.7 Å². The Morgan fingerprint density at radius 3 is 1.77 bits per heavy atom. The van der Waals surface area contributed by atoms with E-state index in [0.717, 1.165) is 57.8 Å². The quantitative estimate of drug-likeness (QED) is 0.103. The maximum atomic E-state index is 12.8. The third kappa shape index (κ3) is 16.6. The SMILES string of the molecule is CC(C)(C)OC(=O)CC[C@H](NC(=O)CCCCCCCCCCCc1ccc(C(=O)OC(C)(C)C)cc1)C(=O)ON1C(=O)CCC1=O. The molecule has 1 atom stereocenters. The van der Waals surface area contributed by atoms with Gasteiger partial charge in [0.05, 0.1) is 5.56 Å². The number of hydroxylamine groups is 2. The van der Waals surface area contributed by atoms with Crippen molar-refractivity contribution in [3.8, 4) is 0 Å². The molecule has 3 amide bonds. The third-order valence-electron chi connectivity index (χ3n) is 7.32. The Morgan fingerprint density at radius 1 is 0.723 bits per heavy atom. The molecule has 0 radical (unpaired) electrons. The van der Waals surface area contributed by atoms with E-state index < -0.39 is 41.0 Å². The molecule has 1 heterocycles. The van der Waals surface area contributed by atoms with Crippen molar-refractivity contribution < 1.29 is 43.1 Å². The normalized spacial score (nSPS) is 14.1. The molecule has 0 aliphatic carbocycles. The van der Waals surface area contributed by atoms with Crippen LogP contribution in [0.15, 0.2) is 24.3 Å². The van der Waals surface area contributed by atoms with Crippen molar-refractivity contribution in [1.82, 2.24) is 10.4 Å². The highest BCUT2D eigenvalue weighted by Crippen LogP contribution is 2.17. The first-order valence-corrected chi connectivity index (χ1v) is 16.9. The minimum Gasteiger partial charge on any atom is -0.460 e. The fraction of sp³-hybridized carbons (Fsp3) is 0.667. The molecule has 0 bridgehead atoms. The van der Waals surface area contributed by atoms with E-state index in [1.165, 1.54) is 5.56 Å². The lowest BCUT2D eigenvalue weighted by atomic mass is 10.0. The topological polar surface area (TPSA) is 145 Å². The van der Waals surface area contributed by atoms with Gasteiger partial charge < -0.3 is 19.6 Å². The van der Waals surface area contributed by atoms with Gasteiger partial charge >= 0.3 is 17.9 Å². The summed E-state index contributed by atoms with van der Waals surface area (Å²) >= 11 is 0. The van der Waals surface area contributed by atoms with Crippen LogP contribution >= 0.6 is 0 Å². The number of hydrogen-bond acceptors (Lipinski definition) is 9. The summed E-state index contributed by atoms with van der Waals surface area (Å²) < 4.78 is 10.7. The van der Waals surface area contributed by atoms with Gasteiger partial charge in [-0.2, -0.15) is 0 Å². The van der Waals surface area contributed by atoms with Crippen LogP contribution in [0.1, 0.15) is 147 Å². The lowest BCUT2D eigenvalue weighted by molar-refractivity contribution is -0.199. The molecule has 11 heteroatoms. The third-order valence-corrected chi connectivity index (χ3v) is 7.32. The summed E-state index contributed by atoms with van der Waals surface area (Å²) in [6, 6.07) is 6.44. The van der Waals surface area contributed by atoms with E-state index in [0.29, 0.717) is 17.0 Å². The van der Waals surface area contributed by atoms with E-state index in [1.807, 2.05) is 45.0 Å². The maximum Gasteiger partial charge on any atom is 0.355 e. The number of carbonyl (C=O) groups excluding carboxylic acids is 6. The monoisotopic (exact) mass is 658 g/mol. The molecule has 0 saturated carbocycles. The lowest BCUT2D eigenvalue weighted by Crippen LogP contribution is -2.45. The zero-order valence-electron chi connectivity index (χ0n) is 29.1. The van der Waals surface area contributed by atoms with Crippen LogP contribution in [0.4, 0.5) is 0 Å². The van der Waals surface area contributed by atoms with Crippen LogP contribution in [-0.2, 0) is 44.7 Å². The van der Waals surface area contributed by atoms with Gasteiger partial charge in [-0.25, -0.2) is 9.59 Å². The minimum atomic E-state index is -1.20. The average molecular weight is 659 g/mol. The lowest BCUT2D eigenvalue weighted by Gasteiger charge is -2.22. The van der Waals surface area contributed by atoms with E-state index in [-0.39, 0.29) is 44.0 Å². The number of aryl methyl sites for hydroxylation is 1. The summed E-state index contributed by atoms with van der Waals surface area (Å²) in [6.45, 7) is 10.7. The first kappa shape index (κ1) is 39.4. The summed E-state index contributed by atoms with van der Waals surface area (Å²) in [6.07, 6.45) is 10.1. The summed E-state index contributed by atoms with van der Waals surface area (Å²) in [5.74, 6) is -3.42. The van der Waals surface area contributed by atoms with E-state index in [4.69, 9.17) is 14.3 Å². The Balaban J connectivity index is 1.61. The number of esters is 2. The van der Waals surface area contributed by atoms with Gasteiger partial charge in [-0.3, -0.25) is 19.2 Å². The number of imide groups is 1. The van der Waals surface area contributed by atoms with Crippen LogP contribution < -0.4 is 5.32 Å². The molecule has 0 spiro atoms. The molecule has 0 aromatic heterocycles. The maximum absolute atomic E-state index is 12.8. The first-order chi connectivity index (χ1) is 22.0. The Hall–Kier alpha value is -3.76. The van der Waals surface area contributed by atoms with Crippen LogP contribution in [0.2, 0.25) is 0 Å². The second-order valence-corrected chi connectivity index (χ2v) is 14.1. The molecule has 1 fully saturated rings. The van der Waals surface area contributed by atoms with Gasteiger partial charge in [0.2, 0.25) is 5.91 Å². The molecule has 1 aliphatic rings. The van der Waals surface area contributed by atoms with Gasteiger partial charge in [-0.1, -0.05) is 57.1 Å². The highest BCUT2D eigenvalue weighted by molar-refractivity contribution is 6.02. The Kier molecular flexibility index (Phi) is 16.1. The minimum absolute atomic E-state index is 0.0458. The molecule has 1 saturated heterocycles. The fourth-order valence-corrected chi connectivity index (χ4v) is 4.98. The molecule has 1 aliphatic heterocycles. The van der Waals surface area contributed by atoms with Crippen LogP contribution in [-0.4, -0.2) is 57.9 Å². The van der Waals surface area contributed by atoms with E-state index in [9.17, 15) is 28.8 Å². The average Bonchev–Trinajstić information content (AvgIpc) is 3.28. The molecular formula is C36H54N2O9. The van der Waals surface area contributed by atoms with E-state index >= 15 is 0 Å². The van der Waals surface area contributed by atoms with Crippen LogP contribution in [0, 0.1) is 0 Å². The number of ether oxygens (including phenoxy) is 2. The Morgan fingerprint density at radius 2 is 1.23 bits per heavy atom. The Labute approximate surface area is 279 Å². The van der Waals surface area contributed by atoms with Crippen LogP contribution in [0.5, 0.6) is 0 Å². The van der Waals surface area contributed by atoms with Crippen molar-refractivity contribution in [3.63, 3.8) is 0 Å². The molecule has 262 valence electrons. The van der Waals surface area contributed by atoms with Crippen LogP contribution in [0.25, 0.3) is 0 Å². The summed E-state index contributed by atoms with van der Waals surface area (Å²) in [5.41, 5.74) is 0.568. The van der Waals surface area contributed by atoms with Gasteiger partial charge in [0.15, 0.2) is 0 Å². The number of unbranched alkanes of at least 4 members (excludes halogenated alkanes) is 8. The predicted molar refractivity (Wildman–Crippen MR) is 176 cm³/mol. The summed E-state index contributed by atoms with van der Waals surface area (Å²) in [4.78, 5) is 78.5. The summed E-state index contributed by atoms with van der Waals surface area (Å²) in [5, 5.41) is 3.04. The molecule has 1 aromatic carbocycles. The molecule has 1 N–H and O–H groups in total. The fourth-order valence-electron chi connectivity index (χ4n) is 4.98. The van der Waals surface area contributed by atoms with Crippen LogP contribution in [0.3, 0.4) is 0 Å². The van der Waals surface area contributed by atoms with Crippen molar-refractivity contribution in [3.05, 3.63) is 35.4 Å². The van der Waals surface area contributed by atoms with Gasteiger partial charge in [0.25, 0.3) is 11.8 Å². The van der Waals surface area contributed by atoms with Crippen molar-refractivity contribution in [2.45, 2.75) is 155 Å². The first-order valence-electron chi connectivity index (χ1n) is 16.9. The molecule has 1 aromatic rings. The van der Waals surface area contributed by atoms with E-state index in [2.05, 4.69) is 5.32 Å². The molecule has 11 nitrogen and oxygen atoms in total. The van der Waals surface area contributed by atoms with Crippen molar-refractivity contribution in [2.24, 2.45) is 0 Å². The smallest absolute Gasteiger partial charge is 0.355 e. The second-order valence-electron chi connectivity index (χ2n) is 14.1. The summed E-state index contributed by atoms with van der Waals surface area (Å²) in [7, 11) is 0. The number of nitrogens with zero attached hydrogens (tertiary/aromatic N) is 1. The number of nitrogens with one attached hydrogen (secondary N) is 1. The predicted octanol–water partition coefficient (Wildman–Crippen LogP) is 6.30. The number of rotatable bonds is 19. The largest absolute Gasteiger partial charge is 0.460 e.